The molecule has 6 heteroatoms. The van der Waals surface area contributed by atoms with Crippen LogP contribution in [0, 0.1) is 13.8 Å². The topological polar surface area (TPSA) is 87.7 Å². The van der Waals surface area contributed by atoms with Gasteiger partial charge in [-0.05, 0) is 30.5 Å². The number of ether oxygens (including phenoxy) is 1. The van der Waals surface area contributed by atoms with Crippen LogP contribution in [-0.2, 0) is 20.9 Å². The number of carbonyl (C=O) groups is 2. The molecule has 0 aromatic heterocycles. The molecule has 3 aromatic carbocycles. The highest BCUT2D eigenvalue weighted by atomic mass is 16.5. The number of amides is 1. The second-order valence-electron chi connectivity index (χ2n) is 8.47. The summed E-state index contributed by atoms with van der Waals surface area (Å²) in [5.74, 6) is -1.51. The average Bonchev–Trinajstić information content (AvgIpc) is 2.82. The maximum atomic E-state index is 12.2. The number of carboxylic acids is 1. The van der Waals surface area contributed by atoms with E-state index in [4.69, 9.17) is 9.84 Å². The van der Waals surface area contributed by atoms with Gasteiger partial charge in [-0.25, -0.2) is 0 Å². The molecule has 3 aromatic rings. The van der Waals surface area contributed by atoms with Crippen LogP contribution in [0.1, 0.15) is 33.7 Å². The van der Waals surface area contributed by atoms with Gasteiger partial charge in [0.1, 0.15) is 6.54 Å². The molecule has 0 aliphatic carbocycles. The first-order chi connectivity index (χ1) is 16.4. The predicted octanol–water partition coefficient (Wildman–Crippen LogP) is 3.81. The van der Waals surface area contributed by atoms with Crippen LogP contribution in [0.25, 0.3) is 0 Å². The SMILES string of the molecule is Cc1cc(C)cc(COCC(NCC(=O)NCC(=O)O)C(c2ccccc2)c2ccccc2)c1. The molecule has 0 bridgehead atoms. The molecule has 0 fully saturated rings. The van der Waals surface area contributed by atoms with Crippen molar-refractivity contribution in [3.05, 3.63) is 107 Å². The fourth-order valence-electron chi connectivity index (χ4n) is 4.17. The maximum absolute atomic E-state index is 12.2. The summed E-state index contributed by atoms with van der Waals surface area (Å²) in [4.78, 5) is 23.0. The Bertz CT molecular complexity index is 1010. The predicted molar refractivity (Wildman–Crippen MR) is 133 cm³/mol. The Morgan fingerprint density at radius 1 is 0.853 bits per heavy atom. The van der Waals surface area contributed by atoms with Gasteiger partial charge in [0.05, 0.1) is 19.8 Å². The number of rotatable bonds is 12. The summed E-state index contributed by atoms with van der Waals surface area (Å²) in [6, 6.07) is 26.4. The van der Waals surface area contributed by atoms with Gasteiger partial charge in [-0.2, -0.15) is 0 Å². The molecule has 1 unspecified atom stereocenters. The molecule has 0 spiro atoms. The highest BCUT2D eigenvalue weighted by Crippen LogP contribution is 2.28. The third kappa shape index (κ3) is 7.83. The largest absolute Gasteiger partial charge is 0.480 e. The lowest BCUT2D eigenvalue weighted by Crippen LogP contribution is -2.45. The molecule has 1 amide bonds. The second kappa shape index (κ2) is 12.7. The van der Waals surface area contributed by atoms with Gasteiger partial charge in [-0.15, -0.1) is 0 Å². The molecular formula is C28H32N2O4. The molecule has 0 aliphatic heterocycles. The molecule has 0 aliphatic rings. The normalized spacial score (nSPS) is 11.9. The smallest absolute Gasteiger partial charge is 0.322 e. The summed E-state index contributed by atoms with van der Waals surface area (Å²) in [5, 5.41) is 14.6. The summed E-state index contributed by atoms with van der Waals surface area (Å²) < 4.78 is 6.16. The number of hydrogen-bond donors (Lipinski definition) is 3. The van der Waals surface area contributed by atoms with Crippen LogP contribution in [0.5, 0.6) is 0 Å². The molecule has 3 N–H and O–H groups in total. The minimum atomic E-state index is -1.08. The van der Waals surface area contributed by atoms with E-state index >= 15 is 0 Å². The Morgan fingerprint density at radius 3 is 1.94 bits per heavy atom. The summed E-state index contributed by atoms with van der Waals surface area (Å²) >= 11 is 0. The van der Waals surface area contributed by atoms with Gasteiger partial charge in [0.25, 0.3) is 0 Å². The fourth-order valence-corrected chi connectivity index (χ4v) is 4.17. The molecular weight excluding hydrogens is 428 g/mol. The zero-order valence-electron chi connectivity index (χ0n) is 19.7. The van der Waals surface area contributed by atoms with E-state index < -0.39 is 12.5 Å². The number of aryl methyl sites for hydroxylation is 2. The quantitative estimate of drug-likeness (QED) is 0.383. The highest BCUT2D eigenvalue weighted by molar-refractivity contribution is 5.82. The van der Waals surface area contributed by atoms with E-state index in [0.717, 1.165) is 16.7 Å². The monoisotopic (exact) mass is 460 g/mol. The average molecular weight is 461 g/mol. The van der Waals surface area contributed by atoms with Crippen molar-refractivity contribution in [2.45, 2.75) is 32.4 Å². The lowest BCUT2D eigenvalue weighted by atomic mass is 9.85. The third-order valence-corrected chi connectivity index (χ3v) is 5.53. The Kier molecular flexibility index (Phi) is 9.38. The molecule has 6 nitrogen and oxygen atoms in total. The summed E-state index contributed by atoms with van der Waals surface area (Å²) in [7, 11) is 0. The maximum Gasteiger partial charge on any atom is 0.322 e. The Labute approximate surface area is 201 Å². The van der Waals surface area contributed by atoms with Gasteiger partial charge >= 0.3 is 5.97 Å². The van der Waals surface area contributed by atoms with Gasteiger partial charge in [0.15, 0.2) is 0 Å². The molecule has 0 radical (unpaired) electrons. The molecule has 0 heterocycles. The third-order valence-electron chi connectivity index (χ3n) is 5.53. The van der Waals surface area contributed by atoms with Crippen LogP contribution >= 0.6 is 0 Å². The lowest BCUT2D eigenvalue weighted by Gasteiger charge is -2.29. The van der Waals surface area contributed by atoms with Crippen molar-refractivity contribution in [3.8, 4) is 0 Å². The fraction of sp³-hybridized carbons (Fsp3) is 0.286. The molecule has 0 saturated carbocycles. The molecule has 1 atom stereocenters. The number of aliphatic carboxylic acids is 1. The zero-order valence-corrected chi connectivity index (χ0v) is 19.7. The van der Waals surface area contributed by atoms with Crippen LogP contribution in [-0.4, -0.2) is 42.7 Å². The van der Waals surface area contributed by atoms with Gasteiger partial charge in [-0.3, -0.25) is 9.59 Å². The van der Waals surface area contributed by atoms with Gasteiger partial charge < -0.3 is 20.5 Å². The van der Waals surface area contributed by atoms with Crippen LogP contribution in [0.3, 0.4) is 0 Å². The minimum absolute atomic E-state index is 0.0129. The van der Waals surface area contributed by atoms with Crippen molar-refractivity contribution in [1.29, 1.82) is 0 Å². The van der Waals surface area contributed by atoms with E-state index in [2.05, 4.69) is 66.9 Å². The number of nitrogens with one attached hydrogen (secondary N) is 2. The number of carboxylic acid groups (broad SMARTS) is 1. The van der Waals surface area contributed by atoms with E-state index in [1.807, 2.05) is 36.4 Å². The van der Waals surface area contributed by atoms with Gasteiger partial charge in [-0.1, -0.05) is 90.0 Å². The van der Waals surface area contributed by atoms with E-state index in [1.165, 1.54) is 11.1 Å². The van der Waals surface area contributed by atoms with Crippen molar-refractivity contribution in [2.75, 3.05) is 19.7 Å². The molecule has 0 saturated heterocycles. The highest BCUT2D eigenvalue weighted by Gasteiger charge is 2.25. The molecule has 178 valence electrons. The van der Waals surface area contributed by atoms with Gasteiger partial charge in [0.2, 0.25) is 5.91 Å². The van der Waals surface area contributed by atoms with Crippen molar-refractivity contribution in [2.24, 2.45) is 0 Å². The van der Waals surface area contributed by atoms with Crippen molar-refractivity contribution in [3.63, 3.8) is 0 Å². The van der Waals surface area contributed by atoms with E-state index in [0.29, 0.717) is 13.2 Å². The summed E-state index contributed by atoms with van der Waals surface area (Å²) in [5.41, 5.74) is 5.69. The first-order valence-corrected chi connectivity index (χ1v) is 11.4. The zero-order chi connectivity index (χ0) is 24.3. The standard InChI is InChI=1S/C28H32N2O4/c1-20-13-21(2)15-22(14-20)18-34-19-25(29-16-26(31)30-17-27(32)33)28(23-9-5-3-6-10-23)24-11-7-4-8-12-24/h3-15,25,28-29H,16-19H2,1-2H3,(H,30,31)(H,32,33). The van der Waals surface area contributed by atoms with E-state index in [-0.39, 0.29) is 24.4 Å². The van der Waals surface area contributed by atoms with E-state index in [1.54, 1.807) is 0 Å². The van der Waals surface area contributed by atoms with Crippen LogP contribution in [0.4, 0.5) is 0 Å². The number of benzene rings is 3. The summed E-state index contributed by atoms with van der Waals surface area (Å²) in [6.45, 7) is 4.54. The number of carbonyl (C=O) groups excluding carboxylic acids is 1. The number of hydrogen-bond acceptors (Lipinski definition) is 4. The lowest BCUT2D eigenvalue weighted by molar-refractivity contribution is -0.137. The van der Waals surface area contributed by atoms with Gasteiger partial charge in [0, 0.05) is 12.0 Å². The first-order valence-electron chi connectivity index (χ1n) is 11.4. The Hall–Kier alpha value is -3.48. The Morgan fingerprint density at radius 2 is 1.41 bits per heavy atom. The first kappa shape index (κ1) is 25.1. The van der Waals surface area contributed by atoms with Crippen LogP contribution in [0.2, 0.25) is 0 Å². The van der Waals surface area contributed by atoms with Crippen molar-refractivity contribution in [1.82, 2.24) is 10.6 Å². The van der Waals surface area contributed by atoms with Crippen molar-refractivity contribution >= 4 is 11.9 Å². The van der Waals surface area contributed by atoms with Crippen molar-refractivity contribution < 1.29 is 19.4 Å². The van der Waals surface area contributed by atoms with Crippen LogP contribution in [0.15, 0.2) is 78.9 Å². The molecule has 34 heavy (non-hydrogen) atoms. The van der Waals surface area contributed by atoms with Crippen LogP contribution < -0.4 is 10.6 Å². The molecule has 3 rings (SSSR count). The summed E-state index contributed by atoms with van der Waals surface area (Å²) in [6.07, 6.45) is 0. The Balaban J connectivity index is 1.80. The van der Waals surface area contributed by atoms with E-state index in [9.17, 15) is 9.59 Å². The second-order valence-corrected chi connectivity index (χ2v) is 8.47. The minimum Gasteiger partial charge on any atom is -0.480 e.